The number of ether oxygens (including phenoxy) is 1. The predicted molar refractivity (Wildman–Crippen MR) is 148 cm³/mol. The molecule has 0 atom stereocenters. The van der Waals surface area contributed by atoms with Gasteiger partial charge in [-0.25, -0.2) is 19.3 Å². The SMILES string of the molecule is CN1CCN(C(=O)COc2ccc(-c3nn(-c4ccccc4)c4ncccc34)cc2)CC1.O=C(O)C=CC(=O)O. The maximum Gasteiger partial charge on any atom is 0.328 e. The molecule has 0 radical (unpaired) electrons. The molecule has 0 aliphatic carbocycles. The summed E-state index contributed by atoms with van der Waals surface area (Å²) in [4.78, 5) is 40.2. The zero-order chi connectivity index (χ0) is 28.5. The third kappa shape index (κ3) is 7.29. The molecule has 0 unspecified atom stereocenters. The Hall–Kier alpha value is -5.03. The molecule has 1 amide bonds. The first kappa shape index (κ1) is 28.0. The van der Waals surface area contributed by atoms with Crippen LogP contribution in [0.5, 0.6) is 5.75 Å². The van der Waals surface area contributed by atoms with Crippen molar-refractivity contribution in [3.63, 3.8) is 0 Å². The molecule has 2 N–H and O–H groups in total. The van der Waals surface area contributed by atoms with Crippen molar-refractivity contribution in [2.24, 2.45) is 0 Å². The number of pyridine rings is 1. The fraction of sp³-hybridized carbons (Fsp3) is 0.207. The van der Waals surface area contributed by atoms with E-state index in [1.54, 1.807) is 6.20 Å². The topological polar surface area (TPSA) is 138 Å². The van der Waals surface area contributed by atoms with Crippen molar-refractivity contribution in [2.45, 2.75) is 0 Å². The van der Waals surface area contributed by atoms with Crippen LogP contribution in [-0.2, 0) is 14.4 Å². The number of hydrogen-bond acceptors (Lipinski definition) is 7. The lowest BCUT2D eigenvalue weighted by Crippen LogP contribution is -2.48. The lowest BCUT2D eigenvalue weighted by Gasteiger charge is -2.32. The Bertz CT molecular complexity index is 1480. The van der Waals surface area contributed by atoms with Crippen LogP contribution in [0.2, 0.25) is 0 Å². The maximum atomic E-state index is 12.4. The van der Waals surface area contributed by atoms with Gasteiger partial charge in [-0.1, -0.05) is 18.2 Å². The van der Waals surface area contributed by atoms with Gasteiger partial charge in [-0.2, -0.15) is 5.10 Å². The first-order valence-corrected chi connectivity index (χ1v) is 12.5. The Morgan fingerprint density at radius 2 is 1.52 bits per heavy atom. The molecule has 5 rings (SSSR count). The van der Waals surface area contributed by atoms with Gasteiger partial charge in [-0.3, -0.25) is 4.79 Å². The number of fused-ring (bicyclic) bond motifs is 1. The molecule has 3 heterocycles. The van der Waals surface area contributed by atoms with E-state index in [1.807, 2.05) is 76.3 Å². The van der Waals surface area contributed by atoms with E-state index in [1.165, 1.54) is 0 Å². The Labute approximate surface area is 230 Å². The zero-order valence-electron chi connectivity index (χ0n) is 21.9. The minimum absolute atomic E-state index is 0.0286. The van der Waals surface area contributed by atoms with Gasteiger partial charge in [-0.05, 0) is 55.6 Å². The van der Waals surface area contributed by atoms with Crippen LogP contribution in [0.3, 0.4) is 0 Å². The van der Waals surface area contributed by atoms with Gasteiger partial charge in [0.25, 0.3) is 5.91 Å². The fourth-order valence-corrected chi connectivity index (χ4v) is 4.06. The average molecular weight is 544 g/mol. The van der Waals surface area contributed by atoms with E-state index in [9.17, 15) is 14.4 Å². The van der Waals surface area contributed by atoms with Gasteiger partial charge < -0.3 is 24.7 Å². The van der Waals surface area contributed by atoms with Crippen molar-refractivity contribution in [1.29, 1.82) is 0 Å². The first-order chi connectivity index (χ1) is 19.3. The van der Waals surface area contributed by atoms with Crippen LogP contribution in [0, 0.1) is 0 Å². The van der Waals surface area contributed by atoms with Gasteiger partial charge in [0, 0.05) is 55.5 Å². The smallest absolute Gasteiger partial charge is 0.328 e. The molecule has 40 heavy (non-hydrogen) atoms. The van der Waals surface area contributed by atoms with Gasteiger partial charge in [0.15, 0.2) is 12.3 Å². The van der Waals surface area contributed by atoms with Crippen LogP contribution in [0.4, 0.5) is 0 Å². The Kier molecular flexibility index (Phi) is 9.21. The van der Waals surface area contributed by atoms with Crippen LogP contribution in [-0.4, -0.2) is 92.5 Å². The Morgan fingerprint density at radius 1 is 0.875 bits per heavy atom. The van der Waals surface area contributed by atoms with Gasteiger partial charge in [0.1, 0.15) is 11.4 Å². The van der Waals surface area contributed by atoms with Crippen molar-refractivity contribution < 1.29 is 29.3 Å². The van der Waals surface area contributed by atoms with Gasteiger partial charge in [-0.15, -0.1) is 0 Å². The number of benzene rings is 2. The molecule has 1 fully saturated rings. The summed E-state index contributed by atoms with van der Waals surface area (Å²) in [7, 11) is 2.07. The first-order valence-electron chi connectivity index (χ1n) is 12.5. The Morgan fingerprint density at radius 3 is 2.15 bits per heavy atom. The minimum Gasteiger partial charge on any atom is -0.484 e. The summed E-state index contributed by atoms with van der Waals surface area (Å²) in [6, 6.07) is 21.6. The predicted octanol–water partition coefficient (Wildman–Crippen LogP) is 2.95. The number of para-hydroxylation sites is 1. The number of carbonyl (C=O) groups excluding carboxylic acids is 1. The lowest BCUT2D eigenvalue weighted by atomic mass is 10.1. The van der Waals surface area contributed by atoms with E-state index in [4.69, 9.17) is 20.0 Å². The number of nitrogens with zero attached hydrogens (tertiary/aromatic N) is 5. The molecule has 11 heteroatoms. The summed E-state index contributed by atoms with van der Waals surface area (Å²) in [6.45, 7) is 3.36. The van der Waals surface area contributed by atoms with Crippen LogP contribution in [0.15, 0.2) is 85.1 Å². The highest BCUT2D eigenvalue weighted by Gasteiger charge is 2.19. The number of rotatable bonds is 7. The number of amides is 1. The van der Waals surface area contributed by atoms with Crippen LogP contribution in [0.25, 0.3) is 28.0 Å². The third-order valence-corrected chi connectivity index (χ3v) is 6.16. The molecule has 1 aliphatic heterocycles. The molecule has 2 aromatic heterocycles. The Balaban J connectivity index is 0.000000406. The normalized spacial score (nSPS) is 13.6. The summed E-state index contributed by atoms with van der Waals surface area (Å²) >= 11 is 0. The summed E-state index contributed by atoms with van der Waals surface area (Å²) in [5, 5.41) is 21.5. The molecule has 2 aromatic carbocycles. The van der Waals surface area contributed by atoms with E-state index in [-0.39, 0.29) is 12.5 Å². The highest BCUT2D eigenvalue weighted by atomic mass is 16.5. The molecule has 206 valence electrons. The number of likely N-dealkylation sites (N-methyl/N-ethyl adjacent to an activating group) is 1. The van der Waals surface area contributed by atoms with Gasteiger partial charge >= 0.3 is 11.9 Å². The van der Waals surface area contributed by atoms with Crippen LogP contribution >= 0.6 is 0 Å². The number of aromatic nitrogens is 3. The van der Waals surface area contributed by atoms with E-state index in [0.29, 0.717) is 17.9 Å². The molecular weight excluding hydrogens is 514 g/mol. The number of carboxylic acids is 2. The van der Waals surface area contributed by atoms with Crippen LogP contribution < -0.4 is 4.74 Å². The maximum absolute atomic E-state index is 12.4. The summed E-state index contributed by atoms with van der Waals surface area (Å²) in [6.07, 6.45) is 2.90. The van der Waals surface area contributed by atoms with Crippen molar-refractivity contribution in [3.8, 4) is 22.7 Å². The van der Waals surface area contributed by atoms with Gasteiger partial charge in [0.2, 0.25) is 0 Å². The third-order valence-electron chi connectivity index (χ3n) is 6.16. The van der Waals surface area contributed by atoms with Crippen molar-refractivity contribution in [1.82, 2.24) is 24.6 Å². The summed E-state index contributed by atoms with van der Waals surface area (Å²) in [5.41, 5.74) is 3.60. The van der Waals surface area contributed by atoms with Gasteiger partial charge in [0.05, 0.1) is 5.69 Å². The van der Waals surface area contributed by atoms with E-state index in [2.05, 4.69) is 16.9 Å². The molecule has 0 spiro atoms. The molecular formula is C29H29N5O6. The van der Waals surface area contributed by atoms with E-state index in [0.717, 1.165) is 54.2 Å². The van der Waals surface area contributed by atoms with E-state index < -0.39 is 11.9 Å². The van der Waals surface area contributed by atoms with Crippen molar-refractivity contribution in [2.75, 3.05) is 39.8 Å². The fourth-order valence-electron chi connectivity index (χ4n) is 4.06. The second-order valence-electron chi connectivity index (χ2n) is 8.98. The minimum atomic E-state index is -1.26. The highest BCUT2D eigenvalue weighted by molar-refractivity contribution is 5.92. The molecule has 0 bridgehead atoms. The van der Waals surface area contributed by atoms with Crippen molar-refractivity contribution in [3.05, 3.63) is 85.1 Å². The zero-order valence-corrected chi connectivity index (χ0v) is 21.9. The number of aliphatic carboxylic acids is 2. The molecule has 4 aromatic rings. The standard InChI is InChI=1S/C25H25N5O2.C4H4O4/c1-28-14-16-29(17-15-28)23(31)18-32-21-11-9-19(10-12-21)24-22-8-5-13-26-25(22)30(27-24)20-6-3-2-4-7-20;5-3(6)1-2-4(7)8/h2-13H,14-18H2,1H3;1-2H,(H,5,6)(H,7,8). The molecule has 11 nitrogen and oxygen atoms in total. The average Bonchev–Trinajstić information content (AvgIpc) is 3.36. The van der Waals surface area contributed by atoms with E-state index >= 15 is 0 Å². The molecule has 1 aliphatic rings. The largest absolute Gasteiger partial charge is 0.484 e. The summed E-state index contributed by atoms with van der Waals surface area (Å²) < 4.78 is 7.62. The number of carbonyl (C=O) groups is 3. The quantitative estimate of drug-likeness (QED) is 0.337. The number of carboxylic acid groups (broad SMARTS) is 2. The molecule has 1 saturated heterocycles. The number of piperazine rings is 1. The molecule has 0 saturated carbocycles. The monoisotopic (exact) mass is 543 g/mol. The summed E-state index contributed by atoms with van der Waals surface area (Å²) in [5.74, 6) is -1.82. The second-order valence-corrected chi connectivity index (χ2v) is 8.98. The highest BCUT2D eigenvalue weighted by Crippen LogP contribution is 2.29. The van der Waals surface area contributed by atoms with Crippen molar-refractivity contribution >= 4 is 28.9 Å². The second kappa shape index (κ2) is 13.2. The number of hydrogen-bond donors (Lipinski definition) is 2. The lowest BCUT2D eigenvalue weighted by molar-refractivity contribution is -0.135. The van der Waals surface area contributed by atoms with Crippen LogP contribution in [0.1, 0.15) is 0 Å².